The molecule has 160 valence electrons. The van der Waals surface area contributed by atoms with Crippen LogP contribution in [0.4, 0.5) is 5.82 Å². The van der Waals surface area contributed by atoms with Gasteiger partial charge in [0, 0.05) is 13.2 Å². The molecule has 4 rings (SSSR count). The molecule has 1 saturated heterocycles. The largest absolute Gasteiger partial charge is 0.461 e. The number of aromatic amines is 1. The monoisotopic (exact) mass is 412 g/mol. The van der Waals surface area contributed by atoms with Crippen molar-refractivity contribution in [2.45, 2.75) is 32.4 Å². The number of benzene rings is 1. The topological polar surface area (TPSA) is 111 Å². The molecular formula is C21H28N6O3. The number of anilines is 1. The van der Waals surface area contributed by atoms with Crippen molar-refractivity contribution in [1.82, 2.24) is 24.4 Å². The molecule has 1 unspecified atom stereocenters. The summed E-state index contributed by atoms with van der Waals surface area (Å²) in [7, 11) is 1.59. The zero-order valence-electron chi connectivity index (χ0n) is 17.4. The van der Waals surface area contributed by atoms with Crippen molar-refractivity contribution in [1.29, 1.82) is 0 Å². The van der Waals surface area contributed by atoms with Crippen LogP contribution in [0.2, 0.25) is 0 Å². The van der Waals surface area contributed by atoms with Crippen molar-refractivity contribution in [2.75, 3.05) is 39.1 Å². The lowest BCUT2D eigenvalue weighted by molar-refractivity contribution is 0.141. The van der Waals surface area contributed by atoms with Crippen LogP contribution in [-0.4, -0.2) is 57.8 Å². The first kappa shape index (κ1) is 20.4. The molecule has 30 heavy (non-hydrogen) atoms. The van der Waals surface area contributed by atoms with Gasteiger partial charge in [0.1, 0.15) is 12.1 Å². The van der Waals surface area contributed by atoms with Crippen molar-refractivity contribution in [3.05, 3.63) is 45.9 Å². The summed E-state index contributed by atoms with van der Waals surface area (Å²) in [5.74, 6) is 0.180. The molecule has 0 saturated carbocycles. The number of nitrogens with one attached hydrogen (secondary N) is 1. The first-order valence-corrected chi connectivity index (χ1v) is 10.3. The number of rotatable bonds is 8. The fourth-order valence-corrected chi connectivity index (χ4v) is 3.93. The van der Waals surface area contributed by atoms with E-state index < -0.39 is 0 Å². The smallest absolute Gasteiger partial charge is 0.328 e. The van der Waals surface area contributed by atoms with E-state index in [0.717, 1.165) is 18.7 Å². The number of nitrogen functional groups attached to an aromatic ring is 1. The minimum Gasteiger partial charge on any atom is -0.461 e. The molecule has 0 aliphatic carbocycles. The number of nitrogens with zero attached hydrogens (tertiary/aromatic N) is 4. The third-order valence-corrected chi connectivity index (χ3v) is 5.61. The van der Waals surface area contributed by atoms with Gasteiger partial charge in [0.05, 0.1) is 13.2 Å². The first-order valence-electron chi connectivity index (χ1n) is 10.3. The maximum atomic E-state index is 12.6. The number of fused-ring (bicyclic) bond motifs is 1. The SMILES string of the molecule is COCCOc1nc(N)c2[nH]c(=O)n(Cc3cccc(C(C)N4CCCC4)c3)c2n1. The Morgan fingerprint density at radius 2 is 2.03 bits per heavy atom. The minimum atomic E-state index is -0.280. The van der Waals surface area contributed by atoms with E-state index in [-0.39, 0.29) is 17.5 Å². The summed E-state index contributed by atoms with van der Waals surface area (Å²) in [6.45, 7) is 5.59. The van der Waals surface area contributed by atoms with Gasteiger partial charge in [-0.25, -0.2) is 4.79 Å². The fourth-order valence-electron chi connectivity index (χ4n) is 3.93. The molecule has 0 radical (unpaired) electrons. The molecule has 1 fully saturated rings. The summed E-state index contributed by atoms with van der Waals surface area (Å²) in [6.07, 6.45) is 2.51. The number of hydrogen-bond acceptors (Lipinski definition) is 7. The van der Waals surface area contributed by atoms with Crippen LogP contribution in [0.1, 0.15) is 36.9 Å². The fraction of sp³-hybridized carbons (Fsp3) is 0.476. The zero-order valence-corrected chi connectivity index (χ0v) is 17.4. The van der Waals surface area contributed by atoms with E-state index in [1.54, 1.807) is 11.7 Å². The molecule has 1 aliphatic heterocycles. The van der Waals surface area contributed by atoms with E-state index in [2.05, 4.69) is 38.9 Å². The molecule has 2 aromatic heterocycles. The number of H-pyrrole nitrogens is 1. The second kappa shape index (κ2) is 8.85. The van der Waals surface area contributed by atoms with Crippen molar-refractivity contribution in [2.24, 2.45) is 0 Å². The van der Waals surface area contributed by atoms with Crippen LogP contribution in [0.25, 0.3) is 11.2 Å². The van der Waals surface area contributed by atoms with Gasteiger partial charge in [0.2, 0.25) is 0 Å². The quantitative estimate of drug-likeness (QED) is 0.544. The van der Waals surface area contributed by atoms with E-state index >= 15 is 0 Å². The van der Waals surface area contributed by atoms with Gasteiger partial charge < -0.3 is 20.2 Å². The third kappa shape index (κ3) is 4.17. The Morgan fingerprint density at radius 3 is 2.80 bits per heavy atom. The van der Waals surface area contributed by atoms with Crippen LogP contribution >= 0.6 is 0 Å². The maximum Gasteiger partial charge on any atom is 0.328 e. The van der Waals surface area contributed by atoms with Crippen LogP contribution in [0.15, 0.2) is 29.1 Å². The number of hydrogen-bond donors (Lipinski definition) is 2. The molecule has 0 spiro atoms. The van der Waals surface area contributed by atoms with E-state index in [1.807, 2.05) is 12.1 Å². The van der Waals surface area contributed by atoms with E-state index in [9.17, 15) is 4.79 Å². The van der Waals surface area contributed by atoms with Gasteiger partial charge in [0.15, 0.2) is 11.5 Å². The second-order valence-corrected chi connectivity index (χ2v) is 7.61. The average Bonchev–Trinajstić information content (AvgIpc) is 3.38. The Kier molecular flexibility index (Phi) is 6.01. The molecule has 9 heteroatoms. The van der Waals surface area contributed by atoms with Crippen molar-refractivity contribution in [3.8, 4) is 6.01 Å². The number of imidazole rings is 1. The summed E-state index contributed by atoms with van der Waals surface area (Å²) in [4.78, 5) is 26.4. The predicted octanol–water partition coefficient (Wildman–Crippen LogP) is 1.93. The number of aromatic nitrogens is 4. The predicted molar refractivity (Wildman–Crippen MR) is 115 cm³/mol. The van der Waals surface area contributed by atoms with E-state index in [4.69, 9.17) is 15.2 Å². The number of methoxy groups -OCH3 is 1. The summed E-state index contributed by atoms with van der Waals surface area (Å²) >= 11 is 0. The molecule has 3 N–H and O–H groups in total. The maximum absolute atomic E-state index is 12.6. The lowest BCUT2D eigenvalue weighted by Gasteiger charge is -2.24. The van der Waals surface area contributed by atoms with Gasteiger partial charge in [-0.05, 0) is 44.0 Å². The highest BCUT2D eigenvalue weighted by atomic mass is 16.5. The highest BCUT2D eigenvalue weighted by Crippen LogP contribution is 2.25. The lowest BCUT2D eigenvalue weighted by Crippen LogP contribution is -2.23. The highest BCUT2D eigenvalue weighted by Gasteiger charge is 2.20. The molecule has 3 aromatic rings. The van der Waals surface area contributed by atoms with Crippen molar-refractivity contribution < 1.29 is 9.47 Å². The number of ether oxygens (including phenoxy) is 2. The lowest BCUT2D eigenvalue weighted by atomic mass is 10.0. The minimum absolute atomic E-state index is 0.126. The van der Waals surface area contributed by atoms with E-state index in [0.29, 0.717) is 37.0 Å². The molecule has 9 nitrogen and oxygen atoms in total. The van der Waals surface area contributed by atoms with Crippen LogP contribution < -0.4 is 16.2 Å². The Labute approximate surface area is 174 Å². The molecule has 1 aliphatic rings. The van der Waals surface area contributed by atoms with Gasteiger partial charge in [-0.3, -0.25) is 9.47 Å². The van der Waals surface area contributed by atoms with Gasteiger partial charge in [-0.2, -0.15) is 9.97 Å². The number of nitrogens with two attached hydrogens (primary N) is 1. The molecule has 1 atom stereocenters. The molecule has 0 bridgehead atoms. The van der Waals surface area contributed by atoms with Crippen LogP contribution in [0.5, 0.6) is 6.01 Å². The molecule has 0 amide bonds. The summed E-state index contributed by atoms with van der Waals surface area (Å²) in [5, 5.41) is 0. The van der Waals surface area contributed by atoms with Crippen LogP contribution in [-0.2, 0) is 11.3 Å². The summed E-state index contributed by atoms with van der Waals surface area (Å²) < 4.78 is 12.0. The summed E-state index contributed by atoms with van der Waals surface area (Å²) in [6, 6.07) is 8.85. The van der Waals surface area contributed by atoms with Crippen LogP contribution in [0.3, 0.4) is 0 Å². The standard InChI is InChI=1S/C21H28N6O3/c1-14(26-8-3-4-9-26)16-7-5-6-15(12-16)13-27-19-17(23-21(27)28)18(22)24-20(25-19)30-11-10-29-2/h5-7,12,14H,3-4,8-11,13H2,1-2H3,(H,23,28)(H2,22,24,25). The Hall–Kier alpha value is -2.91. The molecule has 3 heterocycles. The second-order valence-electron chi connectivity index (χ2n) is 7.61. The molecule has 1 aromatic carbocycles. The normalized spacial score (nSPS) is 15.7. The van der Waals surface area contributed by atoms with Gasteiger partial charge in [0.25, 0.3) is 0 Å². The zero-order chi connectivity index (χ0) is 21.1. The van der Waals surface area contributed by atoms with Crippen LogP contribution in [0, 0.1) is 0 Å². The van der Waals surface area contributed by atoms with Gasteiger partial charge in [-0.1, -0.05) is 24.3 Å². The van der Waals surface area contributed by atoms with E-state index in [1.165, 1.54) is 18.4 Å². The van der Waals surface area contributed by atoms with Crippen molar-refractivity contribution >= 4 is 17.0 Å². The van der Waals surface area contributed by atoms with Crippen molar-refractivity contribution in [3.63, 3.8) is 0 Å². The summed E-state index contributed by atoms with van der Waals surface area (Å²) in [5.41, 5.74) is 8.86. The van der Waals surface area contributed by atoms with Gasteiger partial charge >= 0.3 is 11.7 Å². The Morgan fingerprint density at radius 1 is 1.23 bits per heavy atom. The first-order chi connectivity index (χ1) is 14.6. The highest BCUT2D eigenvalue weighted by molar-refractivity contribution is 5.81. The molecular weight excluding hydrogens is 384 g/mol. The number of likely N-dealkylation sites (tertiary alicyclic amines) is 1. The third-order valence-electron chi connectivity index (χ3n) is 5.61. The van der Waals surface area contributed by atoms with Gasteiger partial charge in [-0.15, -0.1) is 0 Å². The Bertz CT molecular complexity index is 1070. The Balaban J connectivity index is 1.62. The average molecular weight is 412 g/mol.